The van der Waals surface area contributed by atoms with E-state index < -0.39 is 0 Å². The Hall–Kier alpha value is -2.48. The summed E-state index contributed by atoms with van der Waals surface area (Å²) in [6.45, 7) is 2.25. The Balaban J connectivity index is 1.90. The molecule has 124 valence electrons. The Bertz CT molecular complexity index is 981. The molecule has 2 heteroatoms. The fourth-order valence-electron chi connectivity index (χ4n) is 5.15. The Morgan fingerprint density at radius 1 is 1.00 bits per heavy atom. The maximum absolute atomic E-state index is 4.80. The van der Waals surface area contributed by atoms with E-state index in [4.69, 9.17) is 4.98 Å². The molecule has 0 aliphatic heterocycles. The zero-order valence-electron chi connectivity index (χ0n) is 14.9. The van der Waals surface area contributed by atoms with Crippen LogP contribution in [0.25, 0.3) is 22.5 Å². The molecular formula is C23H23N2+. The third-order valence-electron chi connectivity index (χ3n) is 6.24. The Morgan fingerprint density at radius 2 is 1.84 bits per heavy atom. The van der Waals surface area contributed by atoms with Gasteiger partial charge in [-0.2, -0.15) is 0 Å². The summed E-state index contributed by atoms with van der Waals surface area (Å²) in [6.07, 6.45) is 9.19. The van der Waals surface area contributed by atoms with Crippen molar-refractivity contribution in [2.75, 3.05) is 0 Å². The van der Waals surface area contributed by atoms with Gasteiger partial charge in [-0.25, -0.2) is 4.57 Å². The lowest BCUT2D eigenvalue weighted by atomic mass is 9.74. The summed E-state index contributed by atoms with van der Waals surface area (Å²) < 4.78 is 2.25. The fourth-order valence-corrected chi connectivity index (χ4v) is 5.15. The lowest BCUT2D eigenvalue weighted by Gasteiger charge is -2.28. The first-order valence-corrected chi connectivity index (χ1v) is 9.27. The predicted octanol–water partition coefficient (Wildman–Crippen LogP) is 4.72. The minimum absolute atomic E-state index is 0.156. The molecule has 0 unspecified atom stereocenters. The molecule has 2 aliphatic carbocycles. The molecule has 0 amide bonds. The number of hydrogen-bond acceptors (Lipinski definition) is 1. The summed E-state index contributed by atoms with van der Waals surface area (Å²) in [4.78, 5) is 4.80. The number of aromatic nitrogens is 2. The van der Waals surface area contributed by atoms with Gasteiger partial charge in [0.2, 0.25) is 5.69 Å². The largest absolute Gasteiger partial charge is 0.256 e. The molecule has 2 heterocycles. The molecule has 2 aliphatic rings. The first-order chi connectivity index (χ1) is 12.2. The number of rotatable bonds is 1. The number of aryl methyl sites for hydroxylation is 2. The summed E-state index contributed by atoms with van der Waals surface area (Å²) in [7, 11) is 2.15. The van der Waals surface area contributed by atoms with E-state index >= 15 is 0 Å². The molecule has 25 heavy (non-hydrogen) atoms. The van der Waals surface area contributed by atoms with Crippen LogP contribution in [0.1, 0.15) is 42.4 Å². The van der Waals surface area contributed by atoms with E-state index in [1.54, 1.807) is 0 Å². The van der Waals surface area contributed by atoms with E-state index in [1.165, 1.54) is 64.9 Å². The van der Waals surface area contributed by atoms with Crippen molar-refractivity contribution < 1.29 is 4.57 Å². The zero-order valence-corrected chi connectivity index (χ0v) is 14.9. The summed E-state index contributed by atoms with van der Waals surface area (Å²) >= 11 is 0. The molecule has 1 aromatic carbocycles. The van der Waals surface area contributed by atoms with Crippen LogP contribution in [0.4, 0.5) is 0 Å². The van der Waals surface area contributed by atoms with Crippen molar-refractivity contribution in [1.29, 1.82) is 0 Å². The van der Waals surface area contributed by atoms with E-state index in [2.05, 4.69) is 67.2 Å². The van der Waals surface area contributed by atoms with Gasteiger partial charge in [-0.1, -0.05) is 31.0 Å². The summed E-state index contributed by atoms with van der Waals surface area (Å²) in [6, 6.07) is 15.5. The minimum Gasteiger partial charge on any atom is -0.256 e. The lowest BCUT2D eigenvalue weighted by Crippen LogP contribution is -2.32. The normalized spacial score (nSPS) is 16.9. The van der Waals surface area contributed by atoms with Crippen molar-refractivity contribution in [3.63, 3.8) is 0 Å². The molecule has 1 spiro atoms. The molecule has 5 rings (SSSR count). The van der Waals surface area contributed by atoms with E-state index in [-0.39, 0.29) is 5.41 Å². The minimum atomic E-state index is 0.156. The van der Waals surface area contributed by atoms with Crippen LogP contribution in [0.2, 0.25) is 0 Å². The summed E-state index contributed by atoms with van der Waals surface area (Å²) in [5.74, 6) is 0. The fraction of sp³-hybridized carbons (Fsp3) is 0.304. The first-order valence-electron chi connectivity index (χ1n) is 9.27. The SMILES string of the molecule is Cc1ccc2c(c1-c1cccc[n+]1C)C1(CCCC1)c1cccnc1-2. The highest BCUT2D eigenvalue weighted by Gasteiger charge is 2.48. The van der Waals surface area contributed by atoms with Crippen LogP contribution >= 0.6 is 0 Å². The molecule has 0 atom stereocenters. The number of fused-ring (bicyclic) bond motifs is 5. The van der Waals surface area contributed by atoms with Crippen molar-refractivity contribution in [2.24, 2.45) is 7.05 Å². The van der Waals surface area contributed by atoms with Gasteiger partial charge in [0.05, 0.1) is 11.3 Å². The Kier molecular flexibility index (Phi) is 3.12. The predicted molar refractivity (Wildman–Crippen MR) is 100 cm³/mol. The standard InChI is InChI=1S/C23H23N2/c1-16-10-11-17-21(20(16)19-9-3-6-15-25(19)2)23(12-4-5-13-23)18-8-7-14-24-22(17)18/h3,6-11,14-15H,4-5,12-13H2,1-2H3/q+1. The number of hydrogen-bond donors (Lipinski definition) is 0. The first kappa shape index (κ1) is 14.8. The molecule has 0 bridgehead atoms. The van der Waals surface area contributed by atoms with Gasteiger partial charge >= 0.3 is 0 Å². The second kappa shape index (κ2) is 5.26. The average molecular weight is 327 g/mol. The molecule has 0 N–H and O–H groups in total. The van der Waals surface area contributed by atoms with Crippen LogP contribution in [0.3, 0.4) is 0 Å². The highest BCUT2D eigenvalue weighted by Crippen LogP contribution is 2.58. The number of nitrogens with zero attached hydrogens (tertiary/aromatic N) is 2. The van der Waals surface area contributed by atoms with Gasteiger partial charge in [0, 0.05) is 29.3 Å². The van der Waals surface area contributed by atoms with Gasteiger partial charge in [0.1, 0.15) is 7.05 Å². The van der Waals surface area contributed by atoms with Crippen molar-refractivity contribution >= 4 is 0 Å². The molecular weight excluding hydrogens is 304 g/mol. The van der Waals surface area contributed by atoms with Gasteiger partial charge in [0.15, 0.2) is 6.20 Å². The van der Waals surface area contributed by atoms with Gasteiger partial charge in [-0.05, 0) is 48.6 Å². The number of pyridine rings is 2. The van der Waals surface area contributed by atoms with Crippen molar-refractivity contribution in [1.82, 2.24) is 4.98 Å². The van der Waals surface area contributed by atoms with Gasteiger partial charge in [-0.3, -0.25) is 4.98 Å². The number of benzene rings is 1. The summed E-state index contributed by atoms with van der Waals surface area (Å²) in [5.41, 5.74) is 9.77. The van der Waals surface area contributed by atoms with Gasteiger partial charge in [-0.15, -0.1) is 0 Å². The zero-order chi connectivity index (χ0) is 17.0. The van der Waals surface area contributed by atoms with Crippen LogP contribution in [0, 0.1) is 6.92 Å². The molecule has 0 radical (unpaired) electrons. The molecule has 3 aromatic rings. The lowest BCUT2D eigenvalue weighted by molar-refractivity contribution is -0.660. The van der Waals surface area contributed by atoms with E-state index in [1.807, 2.05) is 6.20 Å². The maximum Gasteiger partial charge on any atom is 0.212 e. The Morgan fingerprint density at radius 3 is 2.64 bits per heavy atom. The topological polar surface area (TPSA) is 16.8 Å². The summed E-state index contributed by atoms with van der Waals surface area (Å²) in [5, 5.41) is 0. The third-order valence-corrected chi connectivity index (χ3v) is 6.24. The smallest absolute Gasteiger partial charge is 0.212 e. The quantitative estimate of drug-likeness (QED) is 0.591. The van der Waals surface area contributed by atoms with Crippen molar-refractivity contribution in [3.8, 4) is 22.5 Å². The second-order valence-electron chi connectivity index (χ2n) is 7.57. The maximum atomic E-state index is 4.80. The molecule has 1 saturated carbocycles. The van der Waals surface area contributed by atoms with E-state index in [9.17, 15) is 0 Å². The van der Waals surface area contributed by atoms with E-state index in [0.29, 0.717) is 0 Å². The van der Waals surface area contributed by atoms with Gasteiger partial charge in [0.25, 0.3) is 0 Å². The van der Waals surface area contributed by atoms with Crippen LogP contribution in [0.5, 0.6) is 0 Å². The highest BCUT2D eigenvalue weighted by atomic mass is 14.9. The van der Waals surface area contributed by atoms with Crippen LogP contribution in [-0.4, -0.2) is 4.98 Å². The third kappa shape index (κ3) is 1.91. The molecule has 0 saturated heterocycles. The molecule has 2 nitrogen and oxygen atoms in total. The highest BCUT2D eigenvalue weighted by molar-refractivity contribution is 5.87. The van der Waals surface area contributed by atoms with Crippen LogP contribution in [-0.2, 0) is 12.5 Å². The Labute approximate surface area is 149 Å². The van der Waals surface area contributed by atoms with Crippen molar-refractivity contribution in [2.45, 2.75) is 38.0 Å². The average Bonchev–Trinajstić information content (AvgIpc) is 3.22. The van der Waals surface area contributed by atoms with Crippen molar-refractivity contribution in [3.05, 3.63) is 71.5 Å². The monoisotopic (exact) mass is 327 g/mol. The van der Waals surface area contributed by atoms with Crippen LogP contribution in [0.15, 0.2) is 54.9 Å². The second-order valence-corrected chi connectivity index (χ2v) is 7.57. The van der Waals surface area contributed by atoms with Gasteiger partial charge < -0.3 is 0 Å². The molecule has 1 fully saturated rings. The van der Waals surface area contributed by atoms with E-state index in [0.717, 1.165) is 0 Å². The molecule has 2 aromatic heterocycles. The van der Waals surface area contributed by atoms with Crippen LogP contribution < -0.4 is 4.57 Å².